The Bertz CT molecular complexity index is 6390. The first-order chi connectivity index (χ1) is 70.8. The van der Waals surface area contributed by atoms with Gasteiger partial charge in [0.2, 0.25) is 0 Å². The van der Waals surface area contributed by atoms with Crippen molar-refractivity contribution in [3.63, 3.8) is 0 Å². The quantitative estimate of drug-likeness (QED) is 0.0140. The van der Waals surface area contributed by atoms with Crippen molar-refractivity contribution in [3.05, 3.63) is 247 Å². The van der Waals surface area contributed by atoms with E-state index in [-0.39, 0.29) is 85.3 Å². The first-order valence-corrected chi connectivity index (χ1v) is 54.1. The number of aliphatic carboxylic acids is 4. The van der Waals surface area contributed by atoms with Gasteiger partial charge in [-0.25, -0.2) is 47.9 Å². The molecule has 12 heterocycles. The number of methoxy groups -OCH3 is 4. The molecule has 50 heteroatoms. The second-order valence-electron chi connectivity index (χ2n) is 35.3. The van der Waals surface area contributed by atoms with Gasteiger partial charge < -0.3 is 74.9 Å². The van der Waals surface area contributed by atoms with E-state index in [0.717, 1.165) is 18.1 Å². The van der Waals surface area contributed by atoms with Crippen LogP contribution < -0.4 is 21.3 Å². The maximum absolute atomic E-state index is 14.9. The zero-order valence-electron chi connectivity index (χ0n) is 81.1. The third-order valence-electron chi connectivity index (χ3n) is 25.3. The lowest BCUT2D eigenvalue weighted by atomic mass is 9.89. The number of hydrogen-bond acceptors (Lipinski definition) is 36. The van der Waals surface area contributed by atoms with Crippen molar-refractivity contribution in [3.8, 4) is 0 Å². The van der Waals surface area contributed by atoms with Crippen LogP contribution in [0.15, 0.2) is 184 Å². The molecule has 16 rings (SSSR count). The Morgan fingerprint density at radius 3 is 1.12 bits per heavy atom. The molecule has 4 aromatic heterocycles. The number of carbonyl (C=O) groups is 8. The molecule has 8 aromatic rings. The first kappa shape index (κ1) is 115. The van der Waals surface area contributed by atoms with Crippen LogP contribution in [0.4, 0.5) is 8.78 Å². The molecule has 0 radical (unpaired) electrons. The zero-order chi connectivity index (χ0) is 107. The predicted molar refractivity (Wildman–Crippen MR) is 567 cm³/mol. The molecule has 0 bridgehead atoms. The van der Waals surface area contributed by atoms with Crippen LogP contribution >= 0.6 is 150 Å². The second kappa shape index (κ2) is 53.5. The molecule has 8 aliphatic heterocycles. The number of hydrogen-bond donors (Lipinski definition) is 8. The summed E-state index contributed by atoms with van der Waals surface area (Å²) in [5.41, 5.74) is 5.41. The molecule has 4 aromatic carbocycles. The van der Waals surface area contributed by atoms with Crippen LogP contribution in [0.1, 0.15) is 133 Å². The van der Waals surface area contributed by atoms with E-state index >= 15 is 0 Å². The van der Waals surface area contributed by atoms with Gasteiger partial charge in [-0.15, -0.1) is 45.3 Å². The van der Waals surface area contributed by atoms with Crippen molar-refractivity contribution >= 4 is 221 Å². The van der Waals surface area contributed by atoms with Crippen LogP contribution in [0.25, 0.3) is 0 Å². The van der Waals surface area contributed by atoms with Gasteiger partial charge in [-0.2, -0.15) is 11.8 Å². The van der Waals surface area contributed by atoms with Crippen LogP contribution in [0.2, 0.25) is 40.2 Å². The Kier molecular flexibility index (Phi) is 41.7. The fraction of sp³-hybridized carbons (Fsp3) is 0.429. The lowest BCUT2D eigenvalue weighted by Gasteiger charge is -2.44. The molecule has 0 amide bonds. The summed E-state index contributed by atoms with van der Waals surface area (Å²) in [4.78, 5) is 143. The number of carboxylic acid groups (broad SMARTS) is 4. The molecule has 0 aliphatic carbocycles. The number of ether oxygens (including phenoxy) is 7. The lowest BCUT2D eigenvalue weighted by molar-refractivity contribution is -0.162. The Labute approximate surface area is 911 Å². The molecule has 35 nitrogen and oxygen atoms in total. The standard InChI is InChI=1S/C27H32Cl2N4O5S.C25H28Cl2N4O5S.C23H22Cl2F2N4O5S.C23H24Cl2N4O4S2/c1-14(2)23-20(11-15(3)26(34)35)33(8-9-38-23)13-19-21(27(36)37-4)22(17-6-5-16(28)12-18(17)29)32-24(31-19)25-30-7-10-39-25;1-13(24(32)33)10-19-14(2)36-8-7-31(19)12-18-20(25(34)35-3)21(16-5-4-15(26)11-17(16)27)30-22(29-18)23-28-6-9-37-23;1-35-22(34)18-15(10-31-5-6-36-11-16(31)23(26,27)9-17(32)33)29-20(21-28-4-7-37-21)30-19(18)13-3-2-12(24)8-14(13)25;1-33-23(32)19-17(11-29-7-9-34-12-14(29)3-5-18(30)31)27-21(22-26-6-8-35-22)28-20(19)15-4-2-13(24)10-16(15)25/h5-7,10,12,14-15,20,22-23H,8-9,11,13H2,1-4H3,(H,31,32)(H,34,35);4-6,9,11,13-14,19,21H,7-8,10,12H2,1-3H3,(H,29,30)(H,32,33);2-4,7-8,16,19H,5-6,9-11H2,1H3,(H,29,30)(H,32,33);2,4,6,8,10,14,20H,3,5,7,9,11-12H2,1H3,(H,27,28)(H,30,31)/t15?,20-,22+,23-;13?,14-,19-,21+;16?,19-;14-,20+/m1101/s1. The Morgan fingerprint density at radius 1 is 0.459 bits per heavy atom. The Morgan fingerprint density at radius 2 is 0.797 bits per heavy atom. The highest BCUT2D eigenvalue weighted by atomic mass is 35.5. The van der Waals surface area contributed by atoms with Gasteiger partial charge in [-0.05, 0) is 80.6 Å². The molecule has 12 atom stereocenters. The largest absolute Gasteiger partial charge is 0.481 e. The number of carboxylic acids is 4. The number of halogens is 10. The van der Waals surface area contributed by atoms with Gasteiger partial charge in [0.25, 0.3) is 5.92 Å². The van der Waals surface area contributed by atoms with E-state index in [2.05, 4.69) is 74.7 Å². The smallest absolute Gasteiger partial charge is 0.338 e. The molecular formula is C98H106Cl8F2N16O19S5. The summed E-state index contributed by atoms with van der Waals surface area (Å²) < 4.78 is 67.7. The van der Waals surface area contributed by atoms with E-state index in [9.17, 15) is 62.5 Å². The highest BCUT2D eigenvalue weighted by molar-refractivity contribution is 7.99. The normalized spacial score (nSPS) is 22.0. The van der Waals surface area contributed by atoms with E-state index in [4.69, 9.17) is 146 Å². The average molecular weight is 2290 g/mol. The van der Waals surface area contributed by atoms with Gasteiger partial charge in [0.05, 0.1) is 107 Å². The van der Waals surface area contributed by atoms with Crippen molar-refractivity contribution in [2.45, 2.75) is 133 Å². The SMILES string of the molecule is COC(=O)C1=C(CN2CCOCC2C(F)(F)CC(=O)O)NC(c2nccs2)=N[C@H]1c1ccc(Cl)cc1Cl.COC(=O)C1=C(CN2CCO[C@H](C(C)C)[C@H]2CC(C)C(=O)O)NC(c2nccs2)=N[C@H]1c1ccc(Cl)cc1Cl.COC(=O)C1=C(CN2CCO[C@H](C)[C@H]2CC(C)C(=O)O)NC(c2nccs2)=N[C@H]1c1ccc(Cl)cc1Cl.COC(=O)C1=C(CN2CCSC[C@H]2CCC(=O)O)NC(c2nccs2)=N[C@H]1c1ccc(Cl)cc1Cl. The lowest BCUT2D eigenvalue weighted by Crippen LogP contribution is -2.57. The molecule has 0 saturated carbocycles. The van der Waals surface area contributed by atoms with Gasteiger partial charge in [0.15, 0.2) is 43.4 Å². The maximum atomic E-state index is 14.9. The molecule has 3 unspecified atom stereocenters. The summed E-state index contributed by atoms with van der Waals surface area (Å²) in [6.45, 7) is 13.1. The number of morpholine rings is 3. The molecule has 4 fully saturated rings. The molecular weight excluding hydrogens is 2190 g/mol. The number of nitrogens with zero attached hydrogens (tertiary/aromatic N) is 12. The van der Waals surface area contributed by atoms with Gasteiger partial charge in [0, 0.05) is 220 Å². The number of carbonyl (C=O) groups excluding carboxylic acids is 4. The number of rotatable bonds is 33. The number of amidine groups is 4. The van der Waals surface area contributed by atoms with Crippen LogP contribution in [0, 0.1) is 17.8 Å². The third-order valence-corrected chi connectivity index (χ3v) is 31.8. The number of alkyl halides is 2. The molecule has 0 spiro atoms. The van der Waals surface area contributed by atoms with E-state index in [0.29, 0.717) is 200 Å². The number of esters is 4. The summed E-state index contributed by atoms with van der Waals surface area (Å²) in [7, 11) is 5.18. The average Bonchev–Trinajstić information content (AvgIpc) is 1.08. The first-order valence-electron chi connectivity index (χ1n) is 46.4. The highest BCUT2D eigenvalue weighted by Gasteiger charge is 2.49. The van der Waals surface area contributed by atoms with Gasteiger partial charge in [-0.3, -0.25) is 58.7 Å². The van der Waals surface area contributed by atoms with Crippen LogP contribution in [0.5, 0.6) is 0 Å². The minimum atomic E-state index is -3.59. The second-order valence-corrected chi connectivity index (χ2v) is 43.4. The highest BCUT2D eigenvalue weighted by Crippen LogP contribution is 2.45. The topological polar surface area (TPSA) is 444 Å². The van der Waals surface area contributed by atoms with Crippen molar-refractivity contribution in [2.75, 3.05) is 119 Å². The maximum Gasteiger partial charge on any atom is 0.338 e. The predicted octanol–water partition coefficient (Wildman–Crippen LogP) is 17.0. The van der Waals surface area contributed by atoms with E-state index in [1.54, 1.807) is 123 Å². The fourth-order valence-electron chi connectivity index (χ4n) is 18.0. The molecule has 148 heavy (non-hydrogen) atoms. The number of nitrogens with one attached hydrogen (secondary N) is 4. The van der Waals surface area contributed by atoms with Crippen LogP contribution in [-0.4, -0.2) is 292 Å². The Hall–Kier alpha value is -9.75. The summed E-state index contributed by atoms with van der Waals surface area (Å²) in [5.74, 6) is -7.43. The van der Waals surface area contributed by atoms with Gasteiger partial charge in [-0.1, -0.05) is 145 Å². The van der Waals surface area contributed by atoms with E-state index in [1.807, 2.05) is 23.1 Å². The van der Waals surface area contributed by atoms with Crippen molar-refractivity contribution in [2.24, 2.45) is 37.7 Å². The number of thiazole rings is 4. The number of benzene rings is 4. The molecule has 8 aliphatic rings. The van der Waals surface area contributed by atoms with E-state index in [1.165, 1.54) is 84.8 Å². The summed E-state index contributed by atoms with van der Waals surface area (Å²) in [5, 5.41) is 63.4. The van der Waals surface area contributed by atoms with Gasteiger partial charge in [0.1, 0.15) is 30.6 Å². The number of thioether (sulfide) groups is 1. The minimum absolute atomic E-state index is 0.0674. The molecule has 8 N–H and O–H groups in total. The number of aromatic nitrogens is 4. The molecule has 792 valence electrons. The minimum Gasteiger partial charge on any atom is -0.481 e. The zero-order valence-corrected chi connectivity index (χ0v) is 91.2. The monoisotopic (exact) mass is 2290 g/mol. The summed E-state index contributed by atoms with van der Waals surface area (Å²) >= 11 is 58.1. The van der Waals surface area contributed by atoms with Crippen LogP contribution in [-0.2, 0) is 71.5 Å². The molecule has 4 saturated heterocycles. The fourth-order valence-corrected chi connectivity index (χ4v) is 23.6. The number of aliphatic imine (C=N–C) groups is 4. The summed E-state index contributed by atoms with van der Waals surface area (Å²) in [6, 6.07) is 14.9. The van der Waals surface area contributed by atoms with E-state index < -0.39 is 102 Å². The van der Waals surface area contributed by atoms with Crippen LogP contribution in [0.3, 0.4) is 0 Å². The summed E-state index contributed by atoms with van der Waals surface area (Å²) in [6.07, 6.45) is 6.35. The van der Waals surface area contributed by atoms with Crippen molar-refractivity contribution in [1.29, 1.82) is 0 Å². The Balaban J connectivity index is 0.000000165. The third kappa shape index (κ3) is 29.2. The van der Waals surface area contributed by atoms with Gasteiger partial charge >= 0.3 is 47.8 Å². The van der Waals surface area contributed by atoms with Crippen molar-refractivity contribution < 1.29 is 101 Å². The van der Waals surface area contributed by atoms with Crippen molar-refractivity contribution in [1.82, 2.24) is 60.8 Å².